The maximum Gasteiger partial charge on any atom is 0.254 e. The smallest absolute Gasteiger partial charge is 0.254 e. The van der Waals surface area contributed by atoms with Crippen molar-refractivity contribution in [1.82, 2.24) is 4.90 Å². The first kappa shape index (κ1) is 12.5. The van der Waals surface area contributed by atoms with Gasteiger partial charge in [0.15, 0.2) is 0 Å². The largest absolute Gasteiger partial charge is 0.335 e. The minimum atomic E-state index is 0.196. The normalized spacial score (nSPS) is 19.6. The Balaban J connectivity index is 2.11. The summed E-state index contributed by atoms with van der Waals surface area (Å²) < 4.78 is 0. The minimum Gasteiger partial charge on any atom is -0.335 e. The van der Waals surface area contributed by atoms with Gasteiger partial charge in [0.25, 0.3) is 5.91 Å². The number of amides is 1. The van der Waals surface area contributed by atoms with Crippen molar-refractivity contribution in [2.75, 3.05) is 18.6 Å². The summed E-state index contributed by atoms with van der Waals surface area (Å²) in [5.74, 6) is 1.25. The summed E-state index contributed by atoms with van der Waals surface area (Å²) in [5.41, 5.74) is 2.02. The molecule has 1 saturated heterocycles. The van der Waals surface area contributed by atoms with E-state index in [2.05, 4.69) is 6.26 Å². The molecule has 0 spiro atoms. The van der Waals surface area contributed by atoms with E-state index in [0.29, 0.717) is 6.04 Å². The van der Waals surface area contributed by atoms with Gasteiger partial charge in [0.1, 0.15) is 0 Å². The number of benzene rings is 1. The molecular weight excluding hydrogens is 230 g/mol. The van der Waals surface area contributed by atoms with Gasteiger partial charge in [0.2, 0.25) is 0 Å². The molecule has 1 aromatic carbocycles. The molecule has 1 aromatic rings. The fourth-order valence-electron chi connectivity index (χ4n) is 2.33. The van der Waals surface area contributed by atoms with Crippen LogP contribution in [0.5, 0.6) is 0 Å². The second kappa shape index (κ2) is 5.58. The van der Waals surface area contributed by atoms with E-state index in [9.17, 15) is 4.79 Å². The van der Waals surface area contributed by atoms with E-state index >= 15 is 0 Å². The molecule has 0 aromatic heterocycles. The summed E-state index contributed by atoms with van der Waals surface area (Å²) in [6.45, 7) is 2.96. The molecule has 1 aliphatic rings. The average Bonchev–Trinajstić information content (AvgIpc) is 2.78. The number of hydrogen-bond acceptors (Lipinski definition) is 2. The van der Waals surface area contributed by atoms with Crippen molar-refractivity contribution in [3.63, 3.8) is 0 Å². The van der Waals surface area contributed by atoms with Crippen LogP contribution in [0.1, 0.15) is 28.8 Å². The second-order valence-electron chi connectivity index (χ2n) is 4.62. The lowest BCUT2D eigenvalue weighted by Crippen LogP contribution is -2.36. The van der Waals surface area contributed by atoms with Crippen LogP contribution in [0.2, 0.25) is 0 Å². The van der Waals surface area contributed by atoms with Gasteiger partial charge in [-0.3, -0.25) is 4.79 Å². The average molecular weight is 249 g/mol. The number of rotatable bonds is 3. The van der Waals surface area contributed by atoms with Gasteiger partial charge in [-0.1, -0.05) is 17.7 Å². The molecule has 0 N–H and O–H groups in total. The van der Waals surface area contributed by atoms with E-state index in [1.807, 2.05) is 47.9 Å². The van der Waals surface area contributed by atoms with Crippen LogP contribution >= 0.6 is 11.8 Å². The number of hydrogen-bond donors (Lipinski definition) is 0. The summed E-state index contributed by atoms with van der Waals surface area (Å²) in [7, 11) is 0. The minimum absolute atomic E-state index is 0.196. The maximum absolute atomic E-state index is 12.4. The van der Waals surface area contributed by atoms with Crippen molar-refractivity contribution in [3.05, 3.63) is 35.4 Å². The van der Waals surface area contributed by atoms with Crippen LogP contribution in [0.25, 0.3) is 0 Å². The number of likely N-dealkylation sites (tertiary alicyclic amines) is 1. The molecule has 0 saturated carbocycles. The molecule has 0 aliphatic carbocycles. The van der Waals surface area contributed by atoms with E-state index in [4.69, 9.17) is 0 Å². The lowest BCUT2D eigenvalue weighted by atomic mass is 10.1. The number of aryl methyl sites for hydroxylation is 1. The first-order chi connectivity index (χ1) is 8.22. The topological polar surface area (TPSA) is 20.3 Å². The Labute approximate surface area is 107 Å². The highest BCUT2D eigenvalue weighted by Gasteiger charge is 2.28. The lowest BCUT2D eigenvalue weighted by Gasteiger charge is -2.24. The summed E-state index contributed by atoms with van der Waals surface area (Å²) in [6.07, 6.45) is 4.40. The fraction of sp³-hybridized carbons (Fsp3) is 0.500. The van der Waals surface area contributed by atoms with Crippen LogP contribution in [0.3, 0.4) is 0 Å². The Kier molecular flexibility index (Phi) is 4.11. The van der Waals surface area contributed by atoms with Crippen molar-refractivity contribution in [1.29, 1.82) is 0 Å². The molecule has 0 radical (unpaired) electrons. The number of carbonyl (C=O) groups excluding carboxylic acids is 1. The van der Waals surface area contributed by atoms with Crippen molar-refractivity contribution < 1.29 is 4.79 Å². The quantitative estimate of drug-likeness (QED) is 0.821. The van der Waals surface area contributed by atoms with Gasteiger partial charge >= 0.3 is 0 Å². The zero-order valence-corrected chi connectivity index (χ0v) is 11.3. The molecule has 1 fully saturated rings. The molecular formula is C14H19NOS. The molecule has 2 nitrogen and oxygen atoms in total. The first-order valence-electron chi connectivity index (χ1n) is 6.09. The summed E-state index contributed by atoms with van der Waals surface area (Å²) >= 11 is 1.82. The fourth-order valence-corrected chi connectivity index (χ4v) is 3.06. The molecule has 1 amide bonds. The molecule has 0 unspecified atom stereocenters. The SMILES string of the molecule is CSC[C@@H]1CCCN1C(=O)c1ccc(C)cc1. The van der Waals surface area contributed by atoms with Gasteiger partial charge in [0, 0.05) is 23.9 Å². The van der Waals surface area contributed by atoms with E-state index in [1.54, 1.807) is 0 Å². The Hall–Kier alpha value is -0.960. The van der Waals surface area contributed by atoms with Crippen molar-refractivity contribution in [3.8, 4) is 0 Å². The highest BCUT2D eigenvalue weighted by Crippen LogP contribution is 2.22. The van der Waals surface area contributed by atoms with Crippen LogP contribution in [-0.2, 0) is 0 Å². The predicted molar refractivity (Wildman–Crippen MR) is 73.6 cm³/mol. The van der Waals surface area contributed by atoms with E-state index < -0.39 is 0 Å². The zero-order chi connectivity index (χ0) is 12.3. The van der Waals surface area contributed by atoms with E-state index in [1.165, 1.54) is 5.56 Å². The predicted octanol–water partition coefficient (Wildman–Crippen LogP) is 2.96. The van der Waals surface area contributed by atoms with Crippen LogP contribution in [0, 0.1) is 6.92 Å². The molecule has 1 atom stereocenters. The van der Waals surface area contributed by atoms with E-state index in [0.717, 1.165) is 30.7 Å². The Bertz CT molecular complexity index is 388. The first-order valence-corrected chi connectivity index (χ1v) is 7.48. The van der Waals surface area contributed by atoms with Crippen molar-refractivity contribution >= 4 is 17.7 Å². The van der Waals surface area contributed by atoms with E-state index in [-0.39, 0.29) is 5.91 Å². The van der Waals surface area contributed by atoms with Gasteiger partial charge in [0.05, 0.1) is 0 Å². The lowest BCUT2D eigenvalue weighted by molar-refractivity contribution is 0.0750. The van der Waals surface area contributed by atoms with Gasteiger partial charge in [-0.15, -0.1) is 0 Å². The van der Waals surface area contributed by atoms with Crippen LogP contribution in [-0.4, -0.2) is 35.4 Å². The Morgan fingerprint density at radius 1 is 1.41 bits per heavy atom. The Morgan fingerprint density at radius 2 is 2.12 bits per heavy atom. The monoisotopic (exact) mass is 249 g/mol. The highest BCUT2D eigenvalue weighted by molar-refractivity contribution is 7.98. The standard InChI is InChI=1S/C14H19NOS/c1-11-5-7-12(8-6-11)14(16)15-9-3-4-13(15)10-17-2/h5-8,13H,3-4,9-10H2,1-2H3/t13-/m0/s1. The molecule has 1 heterocycles. The number of thioether (sulfide) groups is 1. The van der Waals surface area contributed by atoms with Gasteiger partial charge < -0.3 is 4.90 Å². The number of nitrogens with zero attached hydrogens (tertiary/aromatic N) is 1. The zero-order valence-electron chi connectivity index (χ0n) is 10.5. The molecule has 92 valence electrons. The summed E-state index contributed by atoms with van der Waals surface area (Å²) in [4.78, 5) is 14.4. The molecule has 3 heteroatoms. The summed E-state index contributed by atoms with van der Waals surface area (Å²) in [5, 5.41) is 0. The van der Waals surface area contributed by atoms with Gasteiger partial charge in [-0.05, 0) is 38.2 Å². The van der Waals surface area contributed by atoms with Crippen LogP contribution in [0.4, 0.5) is 0 Å². The van der Waals surface area contributed by atoms with Gasteiger partial charge in [-0.25, -0.2) is 0 Å². The summed E-state index contributed by atoms with van der Waals surface area (Å²) in [6, 6.07) is 8.32. The van der Waals surface area contributed by atoms with Crippen LogP contribution < -0.4 is 0 Å². The second-order valence-corrected chi connectivity index (χ2v) is 5.53. The van der Waals surface area contributed by atoms with Crippen LogP contribution in [0.15, 0.2) is 24.3 Å². The molecule has 0 bridgehead atoms. The molecule has 17 heavy (non-hydrogen) atoms. The molecule has 2 rings (SSSR count). The third kappa shape index (κ3) is 2.83. The van der Waals surface area contributed by atoms with Crippen molar-refractivity contribution in [2.24, 2.45) is 0 Å². The van der Waals surface area contributed by atoms with Crippen molar-refractivity contribution in [2.45, 2.75) is 25.8 Å². The maximum atomic E-state index is 12.4. The third-order valence-corrected chi connectivity index (χ3v) is 4.01. The Morgan fingerprint density at radius 3 is 2.76 bits per heavy atom. The third-order valence-electron chi connectivity index (χ3n) is 3.30. The number of carbonyl (C=O) groups is 1. The highest BCUT2D eigenvalue weighted by atomic mass is 32.2. The molecule has 1 aliphatic heterocycles. The van der Waals surface area contributed by atoms with Gasteiger partial charge in [-0.2, -0.15) is 11.8 Å².